The van der Waals surface area contributed by atoms with Gasteiger partial charge in [-0.15, -0.1) is 0 Å². The lowest BCUT2D eigenvalue weighted by Crippen LogP contribution is -2.36. The summed E-state index contributed by atoms with van der Waals surface area (Å²) in [5.74, 6) is -0.0806. The van der Waals surface area contributed by atoms with Crippen molar-refractivity contribution < 1.29 is 9.50 Å². The summed E-state index contributed by atoms with van der Waals surface area (Å²) in [5, 5.41) is 9.92. The topological polar surface area (TPSA) is 46.2 Å². The molecule has 1 aromatic rings. The highest BCUT2D eigenvalue weighted by Gasteiger charge is 2.31. The van der Waals surface area contributed by atoms with Crippen molar-refractivity contribution in [1.29, 1.82) is 0 Å². The molecule has 0 aliphatic heterocycles. The van der Waals surface area contributed by atoms with Crippen molar-refractivity contribution in [2.45, 2.75) is 31.4 Å². The van der Waals surface area contributed by atoms with E-state index < -0.39 is 12.1 Å². The minimum atomic E-state index is -0.615. The zero-order valence-electron chi connectivity index (χ0n) is 8.57. The summed E-state index contributed by atoms with van der Waals surface area (Å²) in [5.41, 5.74) is 6.27. The third kappa shape index (κ3) is 2.03. The second-order valence-corrected chi connectivity index (χ2v) is 4.23. The fraction of sp³-hybridized carbons (Fsp3) is 0.500. The van der Waals surface area contributed by atoms with Crippen molar-refractivity contribution >= 4 is 0 Å². The molecule has 3 heteroatoms. The van der Waals surface area contributed by atoms with E-state index in [9.17, 15) is 9.50 Å². The van der Waals surface area contributed by atoms with Crippen molar-refractivity contribution in [3.05, 3.63) is 35.6 Å². The lowest BCUT2D eigenvalue weighted by atomic mass is 9.77. The molecule has 0 saturated heterocycles. The summed E-state index contributed by atoms with van der Waals surface area (Å²) in [6.45, 7) is 0. The van der Waals surface area contributed by atoms with E-state index in [2.05, 4.69) is 0 Å². The third-order valence-corrected chi connectivity index (χ3v) is 3.27. The van der Waals surface area contributed by atoms with Gasteiger partial charge in [-0.25, -0.2) is 4.39 Å². The molecule has 82 valence electrons. The first kappa shape index (κ1) is 10.6. The summed E-state index contributed by atoms with van der Waals surface area (Å²) >= 11 is 0. The molecule has 2 rings (SSSR count). The van der Waals surface area contributed by atoms with Crippen molar-refractivity contribution in [3.8, 4) is 0 Å². The maximum absolute atomic E-state index is 13.4. The summed E-state index contributed by atoms with van der Waals surface area (Å²) in [6, 6.07) is 5.79. The summed E-state index contributed by atoms with van der Waals surface area (Å²) in [6.07, 6.45) is 2.54. The molecule has 1 aromatic carbocycles. The Kier molecular flexibility index (Phi) is 3.03. The van der Waals surface area contributed by atoms with E-state index in [0.29, 0.717) is 5.56 Å². The molecule has 0 bridgehead atoms. The molecule has 0 heterocycles. The Morgan fingerprint density at radius 1 is 1.33 bits per heavy atom. The fourth-order valence-electron chi connectivity index (χ4n) is 2.00. The average molecular weight is 209 g/mol. The maximum atomic E-state index is 13.4. The number of halogens is 1. The molecular formula is C12H16FNO. The SMILES string of the molecule is N[C@@H](c1ccccc1F)[C@H](O)C1CCC1. The number of benzene rings is 1. The van der Waals surface area contributed by atoms with Crippen LogP contribution in [0.4, 0.5) is 4.39 Å². The molecule has 3 N–H and O–H groups in total. The Morgan fingerprint density at radius 2 is 2.00 bits per heavy atom. The summed E-state index contributed by atoms with van der Waals surface area (Å²) < 4.78 is 13.4. The van der Waals surface area contributed by atoms with Crippen molar-refractivity contribution in [2.75, 3.05) is 0 Å². The highest BCUT2D eigenvalue weighted by molar-refractivity contribution is 5.22. The Bertz CT molecular complexity index is 338. The molecule has 1 saturated carbocycles. The standard InChI is InChI=1S/C12H16FNO/c13-10-7-2-1-6-9(10)11(14)12(15)8-4-3-5-8/h1-2,6-8,11-12,15H,3-5,14H2/t11-,12+/m0/s1. The van der Waals surface area contributed by atoms with Gasteiger partial charge >= 0.3 is 0 Å². The van der Waals surface area contributed by atoms with E-state index in [1.165, 1.54) is 6.07 Å². The van der Waals surface area contributed by atoms with Crippen LogP contribution in [0.15, 0.2) is 24.3 Å². The van der Waals surface area contributed by atoms with Gasteiger partial charge in [0.1, 0.15) is 5.82 Å². The first-order chi connectivity index (χ1) is 7.20. The molecule has 0 unspecified atom stereocenters. The molecule has 0 radical (unpaired) electrons. The Labute approximate surface area is 88.9 Å². The Balaban J connectivity index is 2.12. The monoisotopic (exact) mass is 209 g/mol. The lowest BCUT2D eigenvalue weighted by molar-refractivity contribution is 0.0405. The number of hydrogen-bond acceptors (Lipinski definition) is 2. The van der Waals surface area contributed by atoms with Crippen LogP contribution in [0, 0.1) is 11.7 Å². The van der Waals surface area contributed by atoms with Gasteiger partial charge in [0.05, 0.1) is 12.1 Å². The highest BCUT2D eigenvalue weighted by Crippen LogP contribution is 2.34. The zero-order valence-corrected chi connectivity index (χ0v) is 8.57. The molecule has 1 fully saturated rings. The predicted molar refractivity (Wildman–Crippen MR) is 56.7 cm³/mol. The van der Waals surface area contributed by atoms with Crippen molar-refractivity contribution in [1.82, 2.24) is 0 Å². The van der Waals surface area contributed by atoms with Crippen LogP contribution in [0.2, 0.25) is 0 Å². The molecule has 0 amide bonds. The Hall–Kier alpha value is -0.930. The number of hydrogen-bond donors (Lipinski definition) is 2. The van der Waals surface area contributed by atoms with E-state index in [4.69, 9.17) is 5.73 Å². The quantitative estimate of drug-likeness (QED) is 0.799. The third-order valence-electron chi connectivity index (χ3n) is 3.27. The second kappa shape index (κ2) is 4.29. The summed E-state index contributed by atoms with van der Waals surface area (Å²) in [4.78, 5) is 0. The van der Waals surface area contributed by atoms with Gasteiger partial charge < -0.3 is 10.8 Å². The van der Waals surface area contributed by atoms with E-state index in [-0.39, 0.29) is 11.7 Å². The van der Waals surface area contributed by atoms with Crippen LogP contribution in [0.3, 0.4) is 0 Å². The Morgan fingerprint density at radius 3 is 2.53 bits per heavy atom. The predicted octanol–water partition coefficient (Wildman–Crippen LogP) is 1.99. The molecule has 1 aliphatic carbocycles. The highest BCUT2D eigenvalue weighted by atomic mass is 19.1. The molecular weight excluding hydrogens is 193 g/mol. The van der Waals surface area contributed by atoms with E-state index in [1.807, 2.05) is 0 Å². The molecule has 0 spiro atoms. The van der Waals surface area contributed by atoms with Crippen LogP contribution >= 0.6 is 0 Å². The molecule has 1 aliphatic rings. The van der Waals surface area contributed by atoms with E-state index >= 15 is 0 Å². The van der Waals surface area contributed by atoms with Crippen LogP contribution in [0.5, 0.6) is 0 Å². The van der Waals surface area contributed by atoms with Crippen molar-refractivity contribution in [3.63, 3.8) is 0 Å². The van der Waals surface area contributed by atoms with Crippen LogP contribution < -0.4 is 5.73 Å². The fourth-order valence-corrected chi connectivity index (χ4v) is 2.00. The van der Waals surface area contributed by atoms with Crippen LogP contribution in [0.1, 0.15) is 30.9 Å². The maximum Gasteiger partial charge on any atom is 0.128 e. The lowest BCUT2D eigenvalue weighted by Gasteiger charge is -2.33. The number of nitrogens with two attached hydrogens (primary N) is 1. The minimum Gasteiger partial charge on any atom is -0.391 e. The first-order valence-electron chi connectivity index (χ1n) is 5.38. The van der Waals surface area contributed by atoms with Crippen LogP contribution in [0.25, 0.3) is 0 Å². The van der Waals surface area contributed by atoms with Gasteiger partial charge in [0, 0.05) is 5.56 Å². The van der Waals surface area contributed by atoms with Gasteiger partial charge in [-0.1, -0.05) is 24.6 Å². The molecule has 2 nitrogen and oxygen atoms in total. The summed E-state index contributed by atoms with van der Waals surface area (Å²) in [7, 11) is 0. The molecule has 2 atom stereocenters. The van der Waals surface area contributed by atoms with Crippen molar-refractivity contribution in [2.24, 2.45) is 11.7 Å². The normalized spacial score (nSPS) is 20.7. The van der Waals surface area contributed by atoms with Gasteiger partial charge in [0.15, 0.2) is 0 Å². The minimum absolute atomic E-state index is 0.250. The number of aliphatic hydroxyl groups excluding tert-OH is 1. The smallest absolute Gasteiger partial charge is 0.128 e. The van der Waals surface area contributed by atoms with Crippen LogP contribution in [-0.4, -0.2) is 11.2 Å². The number of rotatable bonds is 3. The van der Waals surface area contributed by atoms with E-state index in [1.54, 1.807) is 18.2 Å². The molecule has 0 aromatic heterocycles. The van der Waals surface area contributed by atoms with Gasteiger partial charge in [-0.2, -0.15) is 0 Å². The average Bonchev–Trinajstić information content (AvgIpc) is 2.15. The van der Waals surface area contributed by atoms with Crippen LogP contribution in [-0.2, 0) is 0 Å². The van der Waals surface area contributed by atoms with Gasteiger partial charge in [0.2, 0.25) is 0 Å². The molecule has 15 heavy (non-hydrogen) atoms. The van der Waals surface area contributed by atoms with Gasteiger partial charge in [-0.3, -0.25) is 0 Å². The largest absolute Gasteiger partial charge is 0.391 e. The first-order valence-corrected chi connectivity index (χ1v) is 5.38. The van der Waals surface area contributed by atoms with E-state index in [0.717, 1.165) is 19.3 Å². The second-order valence-electron chi connectivity index (χ2n) is 4.23. The zero-order chi connectivity index (χ0) is 10.8. The number of aliphatic hydroxyl groups is 1. The van der Waals surface area contributed by atoms with Gasteiger partial charge in [-0.05, 0) is 24.8 Å². The van der Waals surface area contributed by atoms with Gasteiger partial charge in [0.25, 0.3) is 0 Å².